The van der Waals surface area contributed by atoms with Crippen LogP contribution >= 0.6 is 0 Å². The first-order chi connectivity index (χ1) is 9.61. The largest absolute Gasteiger partial charge is 0.399 e. The van der Waals surface area contributed by atoms with Crippen molar-refractivity contribution in [3.63, 3.8) is 0 Å². The molecule has 8 heteroatoms. The Morgan fingerprint density at radius 1 is 1.38 bits per heavy atom. The topological polar surface area (TPSA) is 106 Å². The number of hydrogen-bond donors (Lipinski definition) is 2. The lowest BCUT2D eigenvalue weighted by Crippen LogP contribution is -2.27. The predicted octanol–water partition coefficient (Wildman–Crippen LogP) is 0.559. The lowest BCUT2D eigenvalue weighted by Gasteiger charge is -2.10. The van der Waals surface area contributed by atoms with E-state index in [2.05, 4.69) is 5.32 Å². The van der Waals surface area contributed by atoms with Crippen LogP contribution in [0.1, 0.15) is 23.7 Å². The number of sulfone groups is 1. The van der Waals surface area contributed by atoms with E-state index >= 15 is 0 Å². The third-order valence-electron chi connectivity index (χ3n) is 3.02. The van der Waals surface area contributed by atoms with E-state index in [0.29, 0.717) is 13.0 Å². The number of benzene rings is 1. The SMILES string of the molecule is CC(CCNC(=O)c1cc(N)cc(S(C)(=O)=O)c1)S(C)=O. The Morgan fingerprint density at radius 3 is 2.52 bits per heavy atom. The maximum Gasteiger partial charge on any atom is 0.251 e. The molecule has 21 heavy (non-hydrogen) atoms. The first kappa shape index (κ1) is 17.6. The highest BCUT2D eigenvalue weighted by Crippen LogP contribution is 2.16. The van der Waals surface area contributed by atoms with Crippen LogP contribution in [0.4, 0.5) is 5.69 Å². The molecule has 0 aliphatic heterocycles. The Bertz CT molecular complexity index is 656. The predicted molar refractivity (Wildman–Crippen MR) is 84.4 cm³/mol. The van der Waals surface area contributed by atoms with Gasteiger partial charge in [0.05, 0.1) is 4.90 Å². The highest BCUT2D eigenvalue weighted by molar-refractivity contribution is 7.90. The zero-order valence-corrected chi connectivity index (χ0v) is 13.9. The van der Waals surface area contributed by atoms with Gasteiger partial charge in [0.15, 0.2) is 9.84 Å². The van der Waals surface area contributed by atoms with Crippen molar-refractivity contribution in [3.8, 4) is 0 Å². The van der Waals surface area contributed by atoms with Crippen LogP contribution in [0.3, 0.4) is 0 Å². The first-order valence-electron chi connectivity index (χ1n) is 6.32. The molecule has 1 aromatic carbocycles. The molecule has 0 aliphatic rings. The second kappa shape index (κ2) is 7.04. The highest BCUT2D eigenvalue weighted by atomic mass is 32.2. The van der Waals surface area contributed by atoms with Crippen LogP contribution in [0.2, 0.25) is 0 Å². The van der Waals surface area contributed by atoms with Gasteiger partial charge in [-0.25, -0.2) is 8.42 Å². The Labute approximate surface area is 127 Å². The molecule has 1 amide bonds. The van der Waals surface area contributed by atoms with E-state index in [1.165, 1.54) is 18.2 Å². The molecule has 6 nitrogen and oxygen atoms in total. The van der Waals surface area contributed by atoms with Gasteiger partial charge >= 0.3 is 0 Å². The molecular weight excluding hydrogens is 312 g/mol. The average molecular weight is 332 g/mol. The van der Waals surface area contributed by atoms with Crippen molar-refractivity contribution in [2.45, 2.75) is 23.5 Å². The molecular formula is C13H20N2O4S2. The molecule has 0 spiro atoms. The molecule has 0 saturated carbocycles. The van der Waals surface area contributed by atoms with Crippen molar-refractivity contribution >= 4 is 32.2 Å². The smallest absolute Gasteiger partial charge is 0.251 e. The number of anilines is 1. The van der Waals surface area contributed by atoms with E-state index in [0.717, 1.165) is 6.26 Å². The number of amides is 1. The van der Waals surface area contributed by atoms with E-state index in [4.69, 9.17) is 5.73 Å². The summed E-state index contributed by atoms with van der Waals surface area (Å²) in [4.78, 5) is 12.0. The molecule has 118 valence electrons. The molecule has 1 rings (SSSR count). The van der Waals surface area contributed by atoms with Gasteiger partial charge in [-0.1, -0.05) is 6.92 Å². The van der Waals surface area contributed by atoms with E-state index in [9.17, 15) is 17.4 Å². The van der Waals surface area contributed by atoms with Crippen LogP contribution in [0.15, 0.2) is 23.1 Å². The van der Waals surface area contributed by atoms with Gasteiger partial charge in [-0.05, 0) is 24.6 Å². The summed E-state index contributed by atoms with van der Waals surface area (Å²) in [6.07, 6.45) is 3.25. The quantitative estimate of drug-likeness (QED) is 0.740. The fraction of sp³-hybridized carbons (Fsp3) is 0.462. The van der Waals surface area contributed by atoms with Gasteiger partial charge in [-0.15, -0.1) is 0 Å². The normalized spacial score (nSPS) is 14.4. The number of nitrogen functional groups attached to an aromatic ring is 1. The van der Waals surface area contributed by atoms with Crippen LogP contribution in [0.25, 0.3) is 0 Å². The Kier molecular flexibility index (Phi) is 5.91. The standard InChI is InChI=1S/C13H20N2O4S2/c1-9(20(2)17)4-5-15-13(16)10-6-11(14)8-12(7-10)21(3,18)19/h6-9H,4-5,14H2,1-3H3,(H,15,16). The van der Waals surface area contributed by atoms with Gasteiger partial charge in [0, 0.05) is 46.4 Å². The van der Waals surface area contributed by atoms with Gasteiger partial charge in [0.25, 0.3) is 5.91 Å². The molecule has 2 atom stereocenters. The molecule has 3 N–H and O–H groups in total. The summed E-state index contributed by atoms with van der Waals surface area (Å²) < 4.78 is 34.2. The lowest BCUT2D eigenvalue weighted by atomic mass is 10.2. The van der Waals surface area contributed by atoms with Gasteiger partial charge < -0.3 is 11.1 Å². The van der Waals surface area contributed by atoms with E-state index in [1.807, 2.05) is 6.92 Å². The van der Waals surface area contributed by atoms with Crippen molar-refractivity contribution in [2.75, 3.05) is 24.8 Å². The Morgan fingerprint density at radius 2 is 2.00 bits per heavy atom. The van der Waals surface area contributed by atoms with Gasteiger partial charge in [-0.3, -0.25) is 9.00 Å². The molecule has 0 fully saturated rings. The zero-order chi connectivity index (χ0) is 16.2. The maximum atomic E-state index is 12.0. The van der Waals surface area contributed by atoms with E-state index < -0.39 is 26.5 Å². The molecule has 0 aromatic heterocycles. The number of nitrogens with one attached hydrogen (secondary N) is 1. The number of carbonyl (C=O) groups is 1. The van der Waals surface area contributed by atoms with Crippen molar-refractivity contribution in [3.05, 3.63) is 23.8 Å². The molecule has 1 aromatic rings. The van der Waals surface area contributed by atoms with Crippen LogP contribution in [0.5, 0.6) is 0 Å². The third kappa shape index (κ3) is 5.47. The highest BCUT2D eigenvalue weighted by Gasteiger charge is 2.14. The first-order valence-corrected chi connectivity index (χ1v) is 9.83. The Hall–Kier alpha value is -1.41. The second-order valence-electron chi connectivity index (χ2n) is 4.92. The monoisotopic (exact) mass is 332 g/mol. The summed E-state index contributed by atoms with van der Waals surface area (Å²) in [5.74, 6) is -0.402. The van der Waals surface area contributed by atoms with Crippen molar-refractivity contribution in [1.82, 2.24) is 5.32 Å². The van der Waals surface area contributed by atoms with Gasteiger partial charge in [0.1, 0.15) is 0 Å². The van der Waals surface area contributed by atoms with Crippen molar-refractivity contribution < 1.29 is 17.4 Å². The fourth-order valence-electron chi connectivity index (χ4n) is 1.62. The zero-order valence-electron chi connectivity index (χ0n) is 12.3. The number of rotatable bonds is 6. The summed E-state index contributed by atoms with van der Waals surface area (Å²) in [6, 6.07) is 4.03. The minimum Gasteiger partial charge on any atom is -0.399 e. The maximum absolute atomic E-state index is 12.0. The fourth-order valence-corrected chi connectivity index (χ4v) is 2.77. The number of carbonyl (C=O) groups excluding carboxylic acids is 1. The van der Waals surface area contributed by atoms with Gasteiger partial charge in [0.2, 0.25) is 0 Å². The van der Waals surface area contributed by atoms with E-state index in [1.54, 1.807) is 6.26 Å². The van der Waals surface area contributed by atoms with Crippen LogP contribution in [-0.2, 0) is 20.6 Å². The lowest BCUT2D eigenvalue weighted by molar-refractivity contribution is 0.0953. The molecule has 0 bridgehead atoms. The van der Waals surface area contributed by atoms with Crippen molar-refractivity contribution in [1.29, 1.82) is 0 Å². The minimum atomic E-state index is -3.43. The second-order valence-corrected chi connectivity index (χ2v) is 8.73. The van der Waals surface area contributed by atoms with Gasteiger partial charge in [-0.2, -0.15) is 0 Å². The minimum absolute atomic E-state index is 0.00989. The molecule has 2 unspecified atom stereocenters. The number of nitrogens with two attached hydrogens (primary N) is 1. The van der Waals surface area contributed by atoms with E-state index in [-0.39, 0.29) is 21.4 Å². The van der Waals surface area contributed by atoms with Crippen LogP contribution in [0, 0.1) is 0 Å². The molecule has 0 saturated heterocycles. The van der Waals surface area contributed by atoms with Crippen LogP contribution < -0.4 is 11.1 Å². The molecule has 0 heterocycles. The Balaban J connectivity index is 2.79. The molecule has 0 aliphatic carbocycles. The number of hydrogen-bond acceptors (Lipinski definition) is 5. The average Bonchev–Trinajstić information content (AvgIpc) is 2.36. The van der Waals surface area contributed by atoms with Crippen LogP contribution in [-0.4, -0.2) is 42.8 Å². The summed E-state index contributed by atoms with van der Waals surface area (Å²) in [5.41, 5.74) is 6.03. The third-order valence-corrected chi connectivity index (χ3v) is 5.48. The summed E-state index contributed by atoms with van der Waals surface area (Å²) in [7, 11) is -4.37. The van der Waals surface area contributed by atoms with Crippen molar-refractivity contribution in [2.24, 2.45) is 0 Å². The molecule has 0 radical (unpaired) electrons. The summed E-state index contributed by atoms with van der Waals surface area (Å²) in [5, 5.41) is 2.65. The summed E-state index contributed by atoms with van der Waals surface area (Å²) in [6.45, 7) is 2.20. The summed E-state index contributed by atoms with van der Waals surface area (Å²) >= 11 is 0.